The molecule has 1 aromatic carbocycles. The number of thiazole rings is 1. The molecule has 0 bridgehead atoms. The smallest absolute Gasteiger partial charge is 0.266 e. The first kappa shape index (κ1) is 19.9. The van der Waals surface area contributed by atoms with Crippen molar-refractivity contribution in [2.45, 2.75) is 32.0 Å². The molecule has 142 valence electrons. The van der Waals surface area contributed by atoms with Crippen molar-refractivity contribution in [2.24, 2.45) is 5.41 Å². The number of hydrogen-bond donors (Lipinski definition) is 2. The second kappa shape index (κ2) is 7.61. The predicted molar refractivity (Wildman–Crippen MR) is 116 cm³/mol. The van der Waals surface area contributed by atoms with E-state index in [0.717, 1.165) is 25.8 Å². The Morgan fingerprint density at radius 2 is 1.85 bits per heavy atom. The van der Waals surface area contributed by atoms with Gasteiger partial charge in [0.1, 0.15) is 0 Å². The zero-order valence-corrected chi connectivity index (χ0v) is 18.2. The molecule has 2 amide bonds. The van der Waals surface area contributed by atoms with Crippen molar-refractivity contribution in [3.63, 3.8) is 0 Å². The number of nitrogens with zero attached hydrogens (tertiary/aromatic N) is 1. The fourth-order valence-corrected chi connectivity index (χ4v) is 4.82. The molecule has 2 aromatic heterocycles. The van der Waals surface area contributed by atoms with Crippen LogP contribution < -0.4 is 10.6 Å². The summed E-state index contributed by atoms with van der Waals surface area (Å²) in [4.78, 5) is 29.9. The van der Waals surface area contributed by atoms with E-state index in [1.807, 2.05) is 58.2 Å². The van der Waals surface area contributed by atoms with Gasteiger partial charge in [-0.25, -0.2) is 4.98 Å². The van der Waals surface area contributed by atoms with Crippen molar-refractivity contribution in [3.05, 3.63) is 34.7 Å². The molecule has 0 saturated heterocycles. The molecule has 0 radical (unpaired) electrons. The van der Waals surface area contributed by atoms with Gasteiger partial charge in [0.15, 0.2) is 4.34 Å². The molecule has 0 unspecified atom stereocenters. The van der Waals surface area contributed by atoms with Gasteiger partial charge in [-0.05, 0) is 43.0 Å². The molecule has 5 nitrogen and oxygen atoms in total. The normalized spacial score (nSPS) is 11.6. The van der Waals surface area contributed by atoms with Crippen LogP contribution in [0.1, 0.15) is 36.0 Å². The molecule has 2 N–H and O–H groups in total. The molecule has 0 atom stereocenters. The van der Waals surface area contributed by atoms with Crippen molar-refractivity contribution < 1.29 is 9.59 Å². The van der Waals surface area contributed by atoms with E-state index in [4.69, 9.17) is 0 Å². The Hall–Kier alpha value is -1.90. The van der Waals surface area contributed by atoms with Crippen LogP contribution in [0.5, 0.6) is 0 Å². The second-order valence-electron chi connectivity index (χ2n) is 7.15. The molecule has 0 spiro atoms. The van der Waals surface area contributed by atoms with Crippen LogP contribution in [0, 0.1) is 12.3 Å². The largest absolute Gasteiger partial charge is 0.321 e. The maximum atomic E-state index is 12.7. The van der Waals surface area contributed by atoms with Gasteiger partial charge >= 0.3 is 0 Å². The summed E-state index contributed by atoms with van der Waals surface area (Å²) in [7, 11) is 0. The number of thioether (sulfide) groups is 1. The van der Waals surface area contributed by atoms with Crippen molar-refractivity contribution in [2.75, 3.05) is 16.9 Å². The fourth-order valence-electron chi connectivity index (χ4n) is 2.32. The number of rotatable bonds is 4. The van der Waals surface area contributed by atoms with E-state index < -0.39 is 5.41 Å². The van der Waals surface area contributed by atoms with E-state index in [0.29, 0.717) is 9.88 Å². The molecular formula is C19H21N3O2S3. The van der Waals surface area contributed by atoms with Crippen LogP contribution >= 0.6 is 34.4 Å². The zero-order valence-electron chi connectivity index (χ0n) is 15.8. The Labute approximate surface area is 170 Å². The lowest BCUT2D eigenvalue weighted by molar-refractivity contribution is -0.123. The summed E-state index contributed by atoms with van der Waals surface area (Å²) in [5.41, 5.74) is 2.02. The predicted octanol–water partition coefficient (Wildman–Crippen LogP) is 5.63. The molecular weight excluding hydrogens is 398 g/mol. The number of aryl methyl sites for hydroxylation is 1. The highest BCUT2D eigenvalue weighted by atomic mass is 32.2. The maximum Gasteiger partial charge on any atom is 0.266 e. The summed E-state index contributed by atoms with van der Waals surface area (Å²) in [5, 5.41) is 6.51. The summed E-state index contributed by atoms with van der Waals surface area (Å²) >= 11 is 4.50. The first-order valence-electron chi connectivity index (χ1n) is 8.35. The molecule has 0 aliphatic rings. The van der Waals surface area contributed by atoms with Crippen LogP contribution in [0.2, 0.25) is 0 Å². The highest BCUT2D eigenvalue weighted by Crippen LogP contribution is 2.32. The number of amides is 2. The number of thiophene rings is 1. The number of benzene rings is 1. The van der Waals surface area contributed by atoms with Gasteiger partial charge in [-0.2, -0.15) is 0 Å². The number of nitrogens with one attached hydrogen (secondary N) is 2. The maximum absolute atomic E-state index is 12.7. The number of carbonyl (C=O) groups is 2. The van der Waals surface area contributed by atoms with E-state index in [-0.39, 0.29) is 11.8 Å². The lowest BCUT2D eigenvalue weighted by atomic mass is 9.96. The Morgan fingerprint density at radius 3 is 2.52 bits per heavy atom. The Kier molecular flexibility index (Phi) is 5.60. The molecule has 0 saturated carbocycles. The fraction of sp³-hybridized carbons (Fsp3) is 0.316. The molecule has 3 rings (SSSR count). The van der Waals surface area contributed by atoms with Gasteiger partial charge in [-0.1, -0.05) is 32.5 Å². The van der Waals surface area contributed by atoms with E-state index >= 15 is 0 Å². The number of aromatic nitrogens is 1. The molecule has 2 heterocycles. The lowest BCUT2D eigenvalue weighted by Gasteiger charge is -2.16. The number of fused-ring (bicyclic) bond motifs is 1. The monoisotopic (exact) mass is 419 g/mol. The minimum atomic E-state index is -0.486. The van der Waals surface area contributed by atoms with Gasteiger partial charge in [0, 0.05) is 11.1 Å². The third-order valence-corrected chi connectivity index (χ3v) is 7.00. The zero-order chi connectivity index (χ0) is 19.8. The third-order valence-electron chi connectivity index (χ3n) is 3.84. The molecule has 0 aliphatic carbocycles. The minimum absolute atomic E-state index is 0.0732. The molecule has 0 fully saturated rings. The summed E-state index contributed by atoms with van der Waals surface area (Å²) in [5.74, 6) is -0.251. The second-order valence-corrected chi connectivity index (χ2v) is 10.3. The van der Waals surface area contributed by atoms with E-state index in [9.17, 15) is 9.59 Å². The Balaban J connectivity index is 1.77. The van der Waals surface area contributed by atoms with Gasteiger partial charge in [-0.15, -0.1) is 22.7 Å². The van der Waals surface area contributed by atoms with Gasteiger partial charge < -0.3 is 10.6 Å². The SMILES string of the molecule is CSc1nc2ccc(NC(=O)c3sc(NC(=O)C(C)(C)C)cc3C)cc2s1. The van der Waals surface area contributed by atoms with E-state index in [2.05, 4.69) is 15.6 Å². The van der Waals surface area contributed by atoms with Crippen molar-refractivity contribution in [1.82, 2.24) is 4.98 Å². The van der Waals surface area contributed by atoms with E-state index in [1.54, 1.807) is 23.1 Å². The van der Waals surface area contributed by atoms with Crippen LogP contribution in [0.3, 0.4) is 0 Å². The Morgan fingerprint density at radius 1 is 1.11 bits per heavy atom. The molecule has 3 aromatic rings. The van der Waals surface area contributed by atoms with Crippen molar-refractivity contribution in [1.29, 1.82) is 0 Å². The van der Waals surface area contributed by atoms with Crippen molar-refractivity contribution >= 4 is 67.2 Å². The number of carbonyl (C=O) groups excluding carboxylic acids is 2. The Bertz CT molecular complexity index is 1020. The van der Waals surface area contributed by atoms with Crippen LogP contribution in [-0.4, -0.2) is 23.1 Å². The number of anilines is 2. The van der Waals surface area contributed by atoms with Gasteiger partial charge in [0.25, 0.3) is 5.91 Å². The number of hydrogen-bond acceptors (Lipinski definition) is 6. The van der Waals surface area contributed by atoms with Gasteiger partial charge in [0.05, 0.1) is 20.1 Å². The van der Waals surface area contributed by atoms with Crippen LogP contribution in [0.25, 0.3) is 10.2 Å². The standard InChI is InChI=1S/C19H21N3O2S3/c1-10-8-14(22-17(24)19(2,3)4)27-15(10)16(23)20-11-6-7-12-13(9-11)26-18(21-12)25-5/h6-9H,1-5H3,(H,20,23)(H,22,24). The summed E-state index contributed by atoms with van der Waals surface area (Å²) in [6.45, 7) is 7.44. The van der Waals surface area contributed by atoms with Crippen molar-refractivity contribution in [3.8, 4) is 0 Å². The third kappa shape index (κ3) is 4.51. The summed E-state index contributed by atoms with van der Waals surface area (Å²) < 4.78 is 2.04. The summed E-state index contributed by atoms with van der Waals surface area (Å²) in [6.07, 6.45) is 2.00. The van der Waals surface area contributed by atoms with E-state index in [1.165, 1.54) is 11.3 Å². The lowest BCUT2D eigenvalue weighted by Crippen LogP contribution is -2.27. The highest BCUT2D eigenvalue weighted by molar-refractivity contribution is 8.00. The molecule has 27 heavy (non-hydrogen) atoms. The van der Waals surface area contributed by atoms with Gasteiger partial charge in [0.2, 0.25) is 5.91 Å². The molecule has 8 heteroatoms. The molecule has 0 aliphatic heterocycles. The van der Waals surface area contributed by atoms with Gasteiger partial charge in [-0.3, -0.25) is 9.59 Å². The quantitative estimate of drug-likeness (QED) is 0.538. The minimum Gasteiger partial charge on any atom is -0.321 e. The summed E-state index contributed by atoms with van der Waals surface area (Å²) in [6, 6.07) is 7.54. The average molecular weight is 420 g/mol. The first-order valence-corrected chi connectivity index (χ1v) is 11.2. The van der Waals surface area contributed by atoms with Crippen LogP contribution in [-0.2, 0) is 4.79 Å². The highest BCUT2D eigenvalue weighted by Gasteiger charge is 2.23. The van der Waals surface area contributed by atoms with Crippen LogP contribution in [0.4, 0.5) is 10.7 Å². The average Bonchev–Trinajstić information content (AvgIpc) is 3.16. The topological polar surface area (TPSA) is 71.1 Å². The first-order chi connectivity index (χ1) is 12.7. The van der Waals surface area contributed by atoms with Crippen LogP contribution in [0.15, 0.2) is 28.6 Å².